The zero-order valence-corrected chi connectivity index (χ0v) is 12.2. The summed E-state index contributed by atoms with van der Waals surface area (Å²) in [7, 11) is 0. The molecule has 0 aliphatic heterocycles. The minimum Gasteiger partial charge on any atom is -0.335 e. The van der Waals surface area contributed by atoms with Gasteiger partial charge in [0.25, 0.3) is 0 Å². The minimum absolute atomic E-state index is 0.0578. The number of carbonyl (C=O) groups excluding carboxylic acids is 1. The number of para-hydroxylation sites is 1. The number of hydrogen-bond donors (Lipinski definition) is 1. The van der Waals surface area contributed by atoms with Gasteiger partial charge in [-0.2, -0.15) is 0 Å². The standard InChI is InChI=1S/C17H13F3N2O/c1-10-8-11-4-2-3-5-14(11)22(10)9-15(23)21-13-7-6-12(18)16(19)17(13)20/h2-8H,9H2,1H3,(H,21,23). The fourth-order valence-electron chi connectivity index (χ4n) is 2.51. The quantitative estimate of drug-likeness (QED) is 0.728. The van der Waals surface area contributed by atoms with Crippen molar-refractivity contribution in [2.45, 2.75) is 13.5 Å². The summed E-state index contributed by atoms with van der Waals surface area (Å²) in [6.07, 6.45) is 0. The number of benzene rings is 2. The zero-order valence-electron chi connectivity index (χ0n) is 12.2. The highest BCUT2D eigenvalue weighted by Gasteiger charge is 2.16. The highest BCUT2D eigenvalue weighted by molar-refractivity contribution is 5.92. The van der Waals surface area contributed by atoms with Crippen molar-refractivity contribution in [3.05, 3.63) is 65.6 Å². The maximum Gasteiger partial charge on any atom is 0.244 e. The van der Waals surface area contributed by atoms with E-state index >= 15 is 0 Å². The van der Waals surface area contributed by atoms with Gasteiger partial charge in [-0.05, 0) is 36.6 Å². The van der Waals surface area contributed by atoms with Crippen LogP contribution in [0.25, 0.3) is 10.9 Å². The summed E-state index contributed by atoms with van der Waals surface area (Å²) in [5, 5.41) is 3.25. The van der Waals surface area contributed by atoms with Crippen molar-refractivity contribution < 1.29 is 18.0 Å². The lowest BCUT2D eigenvalue weighted by Gasteiger charge is -2.10. The molecule has 2 aromatic carbocycles. The number of rotatable bonds is 3. The average molecular weight is 318 g/mol. The number of halogens is 3. The Hall–Kier alpha value is -2.76. The van der Waals surface area contributed by atoms with Crippen LogP contribution in [0.5, 0.6) is 0 Å². The van der Waals surface area contributed by atoms with Gasteiger partial charge in [-0.25, -0.2) is 13.2 Å². The molecule has 0 bridgehead atoms. The van der Waals surface area contributed by atoms with Crippen LogP contribution in [0, 0.1) is 24.4 Å². The van der Waals surface area contributed by atoms with Crippen molar-refractivity contribution >= 4 is 22.5 Å². The molecule has 3 nitrogen and oxygen atoms in total. The molecule has 1 aromatic heterocycles. The van der Waals surface area contributed by atoms with E-state index in [-0.39, 0.29) is 12.2 Å². The largest absolute Gasteiger partial charge is 0.335 e. The van der Waals surface area contributed by atoms with E-state index in [0.29, 0.717) is 0 Å². The molecule has 0 aliphatic rings. The number of nitrogens with zero attached hydrogens (tertiary/aromatic N) is 1. The smallest absolute Gasteiger partial charge is 0.244 e. The fourth-order valence-corrected chi connectivity index (χ4v) is 2.51. The Morgan fingerprint density at radius 3 is 2.61 bits per heavy atom. The second-order valence-electron chi connectivity index (χ2n) is 5.20. The number of anilines is 1. The molecule has 0 aliphatic carbocycles. The molecule has 6 heteroatoms. The molecule has 3 aromatic rings. The van der Waals surface area contributed by atoms with Crippen LogP contribution >= 0.6 is 0 Å². The van der Waals surface area contributed by atoms with Crippen LogP contribution in [0.3, 0.4) is 0 Å². The summed E-state index contributed by atoms with van der Waals surface area (Å²) < 4.78 is 41.4. The van der Waals surface area contributed by atoms with E-state index < -0.39 is 23.4 Å². The predicted octanol–water partition coefficient (Wildman–Crippen LogP) is 4.01. The summed E-state index contributed by atoms with van der Waals surface area (Å²) in [5.41, 5.74) is 1.35. The van der Waals surface area contributed by atoms with E-state index in [9.17, 15) is 18.0 Å². The fraction of sp³-hybridized carbons (Fsp3) is 0.118. The molecule has 0 radical (unpaired) electrons. The van der Waals surface area contributed by atoms with Gasteiger partial charge >= 0.3 is 0 Å². The first-order valence-electron chi connectivity index (χ1n) is 6.95. The lowest BCUT2D eigenvalue weighted by Crippen LogP contribution is -2.20. The Balaban J connectivity index is 1.85. The predicted molar refractivity (Wildman–Crippen MR) is 81.6 cm³/mol. The number of amides is 1. The van der Waals surface area contributed by atoms with Gasteiger partial charge in [0.15, 0.2) is 17.5 Å². The zero-order chi connectivity index (χ0) is 16.6. The molecule has 1 N–H and O–H groups in total. The summed E-state index contributed by atoms with van der Waals surface area (Å²) >= 11 is 0. The lowest BCUT2D eigenvalue weighted by molar-refractivity contribution is -0.116. The van der Waals surface area contributed by atoms with Crippen molar-refractivity contribution in [1.82, 2.24) is 4.57 Å². The third-order valence-corrected chi connectivity index (χ3v) is 3.63. The van der Waals surface area contributed by atoms with Gasteiger partial charge in [0, 0.05) is 11.2 Å². The molecular weight excluding hydrogens is 305 g/mol. The molecule has 3 rings (SSSR count). The van der Waals surface area contributed by atoms with Crippen LogP contribution in [-0.2, 0) is 11.3 Å². The number of nitrogens with one attached hydrogen (secondary N) is 1. The Morgan fingerprint density at radius 2 is 1.83 bits per heavy atom. The molecule has 0 unspecified atom stereocenters. The van der Waals surface area contributed by atoms with Gasteiger partial charge in [0.1, 0.15) is 6.54 Å². The second-order valence-corrected chi connectivity index (χ2v) is 5.20. The van der Waals surface area contributed by atoms with E-state index in [4.69, 9.17) is 0 Å². The number of hydrogen-bond acceptors (Lipinski definition) is 1. The van der Waals surface area contributed by atoms with Crippen LogP contribution in [0.2, 0.25) is 0 Å². The molecule has 23 heavy (non-hydrogen) atoms. The molecule has 1 amide bonds. The number of aryl methyl sites for hydroxylation is 1. The lowest BCUT2D eigenvalue weighted by atomic mass is 10.2. The van der Waals surface area contributed by atoms with E-state index in [1.165, 1.54) is 0 Å². The van der Waals surface area contributed by atoms with Crippen molar-refractivity contribution in [3.63, 3.8) is 0 Å². The molecule has 0 fully saturated rings. The first kappa shape index (κ1) is 15.1. The Bertz CT molecular complexity index is 902. The topological polar surface area (TPSA) is 34.0 Å². The van der Waals surface area contributed by atoms with E-state index in [1.807, 2.05) is 37.3 Å². The van der Waals surface area contributed by atoms with Crippen molar-refractivity contribution in [2.24, 2.45) is 0 Å². The number of fused-ring (bicyclic) bond motifs is 1. The van der Waals surface area contributed by atoms with Gasteiger partial charge in [-0.15, -0.1) is 0 Å². The molecule has 1 heterocycles. The van der Waals surface area contributed by atoms with Gasteiger partial charge in [0.05, 0.1) is 5.69 Å². The molecule has 0 spiro atoms. The Morgan fingerprint density at radius 1 is 1.09 bits per heavy atom. The summed E-state index contributed by atoms with van der Waals surface area (Å²) in [5.74, 6) is -4.84. The number of carbonyl (C=O) groups is 1. The van der Waals surface area contributed by atoms with Crippen molar-refractivity contribution in [1.29, 1.82) is 0 Å². The van der Waals surface area contributed by atoms with Gasteiger partial charge in [-0.1, -0.05) is 18.2 Å². The number of aromatic nitrogens is 1. The first-order chi connectivity index (χ1) is 11.0. The maximum absolute atomic E-state index is 13.6. The average Bonchev–Trinajstić information content (AvgIpc) is 2.84. The van der Waals surface area contributed by atoms with Crippen molar-refractivity contribution in [2.75, 3.05) is 5.32 Å². The molecule has 0 saturated carbocycles. The van der Waals surface area contributed by atoms with Crippen LogP contribution < -0.4 is 5.32 Å². The highest BCUT2D eigenvalue weighted by atomic mass is 19.2. The SMILES string of the molecule is Cc1cc2ccccc2n1CC(=O)Nc1ccc(F)c(F)c1F. The molecular formula is C17H13F3N2O. The third kappa shape index (κ3) is 2.79. The first-order valence-corrected chi connectivity index (χ1v) is 6.95. The van der Waals surface area contributed by atoms with Crippen LogP contribution in [0.1, 0.15) is 5.69 Å². The highest BCUT2D eigenvalue weighted by Crippen LogP contribution is 2.21. The summed E-state index contributed by atoms with van der Waals surface area (Å²) in [6, 6.07) is 11.2. The second kappa shape index (κ2) is 5.79. The Labute approximate surface area is 130 Å². The summed E-state index contributed by atoms with van der Waals surface area (Å²) in [6.45, 7) is 1.79. The van der Waals surface area contributed by atoms with Crippen LogP contribution in [0.15, 0.2) is 42.5 Å². The van der Waals surface area contributed by atoms with Crippen molar-refractivity contribution in [3.8, 4) is 0 Å². The van der Waals surface area contributed by atoms with Crippen LogP contribution in [0.4, 0.5) is 18.9 Å². The molecule has 118 valence electrons. The van der Waals surface area contributed by atoms with E-state index in [2.05, 4.69) is 5.32 Å². The van der Waals surface area contributed by atoms with E-state index in [1.54, 1.807) is 4.57 Å². The molecule has 0 saturated heterocycles. The molecule has 0 atom stereocenters. The Kier molecular flexibility index (Phi) is 3.82. The third-order valence-electron chi connectivity index (χ3n) is 3.63. The summed E-state index contributed by atoms with van der Waals surface area (Å²) in [4.78, 5) is 12.1. The van der Waals surface area contributed by atoms with Gasteiger partial charge < -0.3 is 9.88 Å². The normalized spacial score (nSPS) is 11.0. The minimum atomic E-state index is -1.61. The maximum atomic E-state index is 13.6. The van der Waals surface area contributed by atoms with Crippen LogP contribution in [-0.4, -0.2) is 10.5 Å². The van der Waals surface area contributed by atoms with E-state index in [0.717, 1.165) is 28.7 Å². The monoisotopic (exact) mass is 318 g/mol. The van der Waals surface area contributed by atoms with Gasteiger partial charge in [0.2, 0.25) is 5.91 Å². The van der Waals surface area contributed by atoms with Gasteiger partial charge in [-0.3, -0.25) is 4.79 Å².